The molecule has 0 aliphatic heterocycles. The smallest absolute Gasteiger partial charge is 0.225 e. The van der Waals surface area contributed by atoms with Gasteiger partial charge in [0.15, 0.2) is 0 Å². The lowest BCUT2D eigenvalue weighted by atomic mass is 10.2. The molecule has 88 valence electrons. The first-order valence-electron chi connectivity index (χ1n) is 5.28. The Morgan fingerprint density at radius 2 is 1.75 bits per heavy atom. The maximum atomic E-state index is 11.3. The zero-order valence-electron chi connectivity index (χ0n) is 10.5. The van der Waals surface area contributed by atoms with Crippen molar-refractivity contribution in [1.82, 2.24) is 9.97 Å². The molecule has 1 amide bonds. The van der Waals surface area contributed by atoms with Crippen LogP contribution < -0.4 is 10.2 Å². The Bertz CT molecular complexity index is 378. The molecule has 0 atom stereocenters. The third-order valence-corrected chi connectivity index (χ3v) is 2.24. The van der Waals surface area contributed by atoms with Crippen LogP contribution in [0.25, 0.3) is 0 Å². The highest BCUT2D eigenvalue weighted by molar-refractivity contribution is 5.91. The lowest BCUT2D eigenvalue weighted by molar-refractivity contribution is -0.115. The highest BCUT2D eigenvalue weighted by atomic mass is 16.1. The Morgan fingerprint density at radius 1 is 1.25 bits per heavy atom. The summed E-state index contributed by atoms with van der Waals surface area (Å²) in [6.07, 6.45) is 0.453. The maximum absolute atomic E-state index is 11.3. The molecule has 0 spiro atoms. The molecule has 1 rings (SSSR count). The van der Waals surface area contributed by atoms with Crippen LogP contribution in [0.4, 0.5) is 11.6 Å². The normalized spacial score (nSPS) is 10.1. The summed E-state index contributed by atoms with van der Waals surface area (Å²) in [6.45, 7) is 5.55. The van der Waals surface area contributed by atoms with Gasteiger partial charge in [-0.2, -0.15) is 0 Å². The second-order valence-corrected chi connectivity index (χ2v) is 3.87. The average molecular weight is 222 g/mol. The molecule has 0 saturated heterocycles. The molecule has 0 aliphatic carbocycles. The monoisotopic (exact) mass is 222 g/mol. The Kier molecular flexibility index (Phi) is 3.82. The molecule has 0 saturated carbocycles. The topological polar surface area (TPSA) is 58.1 Å². The average Bonchev–Trinajstić information content (AvgIpc) is 2.22. The number of carbonyl (C=O) groups excluding carboxylic acids is 1. The zero-order chi connectivity index (χ0) is 12.3. The van der Waals surface area contributed by atoms with Crippen molar-refractivity contribution < 1.29 is 4.79 Å². The molecule has 5 nitrogen and oxygen atoms in total. The summed E-state index contributed by atoms with van der Waals surface area (Å²) in [7, 11) is 3.77. The van der Waals surface area contributed by atoms with Gasteiger partial charge in [-0.1, -0.05) is 6.92 Å². The second kappa shape index (κ2) is 4.92. The SMILES string of the molecule is CCC(=O)Nc1c(C)nc(N(C)C)nc1C. The Morgan fingerprint density at radius 3 is 2.12 bits per heavy atom. The number of hydrogen-bond donors (Lipinski definition) is 1. The van der Waals surface area contributed by atoms with Crippen LogP contribution >= 0.6 is 0 Å². The van der Waals surface area contributed by atoms with Crippen LogP contribution in [0.1, 0.15) is 24.7 Å². The number of nitrogens with one attached hydrogen (secondary N) is 1. The van der Waals surface area contributed by atoms with Gasteiger partial charge in [0.2, 0.25) is 11.9 Å². The third kappa shape index (κ3) is 2.68. The Labute approximate surface area is 95.9 Å². The maximum Gasteiger partial charge on any atom is 0.225 e. The van der Waals surface area contributed by atoms with E-state index >= 15 is 0 Å². The van der Waals surface area contributed by atoms with E-state index in [9.17, 15) is 4.79 Å². The quantitative estimate of drug-likeness (QED) is 0.842. The molecule has 1 aromatic rings. The molecule has 0 fully saturated rings. The fourth-order valence-corrected chi connectivity index (χ4v) is 1.31. The summed E-state index contributed by atoms with van der Waals surface area (Å²) in [4.78, 5) is 21.8. The Balaban J connectivity index is 3.07. The van der Waals surface area contributed by atoms with Crippen LogP contribution in [-0.2, 0) is 4.79 Å². The van der Waals surface area contributed by atoms with E-state index in [1.165, 1.54) is 0 Å². The number of amides is 1. The van der Waals surface area contributed by atoms with Gasteiger partial charge in [-0.05, 0) is 13.8 Å². The van der Waals surface area contributed by atoms with E-state index in [0.717, 1.165) is 17.1 Å². The molecule has 0 radical (unpaired) electrons. The molecule has 16 heavy (non-hydrogen) atoms. The van der Waals surface area contributed by atoms with Gasteiger partial charge in [-0.3, -0.25) is 4.79 Å². The fraction of sp³-hybridized carbons (Fsp3) is 0.545. The summed E-state index contributed by atoms with van der Waals surface area (Å²) < 4.78 is 0. The van der Waals surface area contributed by atoms with E-state index in [1.54, 1.807) is 0 Å². The second-order valence-electron chi connectivity index (χ2n) is 3.87. The van der Waals surface area contributed by atoms with E-state index in [1.807, 2.05) is 39.8 Å². The molecule has 1 aromatic heterocycles. The number of aryl methyl sites for hydroxylation is 2. The van der Waals surface area contributed by atoms with Gasteiger partial charge in [0, 0.05) is 20.5 Å². The summed E-state index contributed by atoms with van der Waals surface area (Å²) in [5.41, 5.74) is 2.30. The van der Waals surface area contributed by atoms with Crippen molar-refractivity contribution in [2.75, 3.05) is 24.3 Å². The first kappa shape index (κ1) is 12.4. The van der Waals surface area contributed by atoms with Crippen molar-refractivity contribution >= 4 is 17.5 Å². The number of hydrogen-bond acceptors (Lipinski definition) is 4. The molecule has 5 heteroatoms. The molecular formula is C11H18N4O. The number of rotatable bonds is 3. The Hall–Kier alpha value is -1.65. The van der Waals surface area contributed by atoms with Gasteiger partial charge in [0.1, 0.15) is 0 Å². The van der Waals surface area contributed by atoms with Gasteiger partial charge in [-0.25, -0.2) is 9.97 Å². The van der Waals surface area contributed by atoms with E-state index in [4.69, 9.17) is 0 Å². The molecule has 1 heterocycles. The van der Waals surface area contributed by atoms with Crippen molar-refractivity contribution in [2.24, 2.45) is 0 Å². The van der Waals surface area contributed by atoms with Crippen molar-refractivity contribution in [3.63, 3.8) is 0 Å². The molecular weight excluding hydrogens is 204 g/mol. The number of anilines is 2. The fourth-order valence-electron chi connectivity index (χ4n) is 1.31. The zero-order valence-corrected chi connectivity index (χ0v) is 10.5. The number of nitrogens with zero attached hydrogens (tertiary/aromatic N) is 3. The first-order valence-corrected chi connectivity index (χ1v) is 5.28. The van der Waals surface area contributed by atoms with E-state index in [2.05, 4.69) is 15.3 Å². The lowest BCUT2D eigenvalue weighted by Gasteiger charge is -2.15. The van der Waals surface area contributed by atoms with Crippen molar-refractivity contribution in [1.29, 1.82) is 0 Å². The first-order chi connectivity index (χ1) is 7.45. The van der Waals surface area contributed by atoms with E-state index in [-0.39, 0.29) is 5.91 Å². The van der Waals surface area contributed by atoms with Crippen LogP contribution in [-0.4, -0.2) is 30.0 Å². The largest absolute Gasteiger partial charge is 0.347 e. The van der Waals surface area contributed by atoms with Crippen LogP contribution in [0, 0.1) is 13.8 Å². The van der Waals surface area contributed by atoms with Crippen LogP contribution in [0.5, 0.6) is 0 Å². The van der Waals surface area contributed by atoms with Gasteiger partial charge in [0.05, 0.1) is 17.1 Å². The summed E-state index contributed by atoms with van der Waals surface area (Å²) in [5, 5.41) is 2.81. The van der Waals surface area contributed by atoms with Crippen molar-refractivity contribution in [3.05, 3.63) is 11.4 Å². The van der Waals surface area contributed by atoms with Gasteiger partial charge in [-0.15, -0.1) is 0 Å². The van der Waals surface area contributed by atoms with Crippen LogP contribution in [0.3, 0.4) is 0 Å². The molecule has 0 unspecified atom stereocenters. The summed E-state index contributed by atoms with van der Waals surface area (Å²) in [5.74, 6) is 0.636. The molecule has 0 bridgehead atoms. The summed E-state index contributed by atoms with van der Waals surface area (Å²) in [6, 6.07) is 0. The van der Waals surface area contributed by atoms with Crippen LogP contribution in [0.15, 0.2) is 0 Å². The van der Waals surface area contributed by atoms with Gasteiger partial charge in [0.25, 0.3) is 0 Å². The predicted molar refractivity (Wildman–Crippen MR) is 64.8 cm³/mol. The number of carbonyl (C=O) groups is 1. The highest BCUT2D eigenvalue weighted by Crippen LogP contribution is 2.19. The van der Waals surface area contributed by atoms with Crippen molar-refractivity contribution in [3.8, 4) is 0 Å². The van der Waals surface area contributed by atoms with Crippen molar-refractivity contribution in [2.45, 2.75) is 27.2 Å². The molecule has 0 aliphatic rings. The molecule has 1 N–H and O–H groups in total. The lowest BCUT2D eigenvalue weighted by Crippen LogP contribution is -2.17. The minimum absolute atomic E-state index is 0.0209. The van der Waals surface area contributed by atoms with E-state index < -0.39 is 0 Å². The molecule has 0 aromatic carbocycles. The summed E-state index contributed by atoms with van der Waals surface area (Å²) >= 11 is 0. The number of aromatic nitrogens is 2. The highest BCUT2D eigenvalue weighted by Gasteiger charge is 2.11. The standard InChI is InChI=1S/C11H18N4O/c1-6-9(16)14-10-7(2)12-11(15(4)5)13-8(10)3/h6H2,1-5H3,(H,14,16). The third-order valence-electron chi connectivity index (χ3n) is 2.24. The minimum atomic E-state index is -0.0209. The predicted octanol–water partition coefficient (Wildman–Crippen LogP) is 1.51. The van der Waals surface area contributed by atoms with Crippen LogP contribution in [0.2, 0.25) is 0 Å². The van der Waals surface area contributed by atoms with Gasteiger partial charge >= 0.3 is 0 Å². The van der Waals surface area contributed by atoms with E-state index in [0.29, 0.717) is 12.4 Å². The minimum Gasteiger partial charge on any atom is -0.347 e. The van der Waals surface area contributed by atoms with Gasteiger partial charge < -0.3 is 10.2 Å².